The Morgan fingerprint density at radius 1 is 1.21 bits per heavy atom. The van der Waals surface area contributed by atoms with E-state index in [1.54, 1.807) is 12.1 Å². The third-order valence-electron chi connectivity index (χ3n) is 4.01. The molecule has 1 aliphatic heterocycles. The van der Waals surface area contributed by atoms with E-state index in [0.29, 0.717) is 5.82 Å². The van der Waals surface area contributed by atoms with Gasteiger partial charge in [0.2, 0.25) is 0 Å². The van der Waals surface area contributed by atoms with Gasteiger partial charge in [0.15, 0.2) is 5.82 Å². The molecule has 1 aromatic heterocycles. The van der Waals surface area contributed by atoms with Crippen molar-refractivity contribution in [2.45, 2.75) is 19.8 Å². The third kappa shape index (κ3) is 3.84. The quantitative estimate of drug-likeness (QED) is 0.624. The van der Waals surface area contributed by atoms with Crippen LogP contribution in [0.4, 0.5) is 11.5 Å². The summed E-state index contributed by atoms with van der Waals surface area (Å²) >= 11 is 1.98. The topological polar surface area (TPSA) is 72.2 Å². The minimum Gasteiger partial charge on any atom is -0.356 e. The number of thioether (sulfide) groups is 1. The monoisotopic (exact) mass is 344 g/mol. The van der Waals surface area contributed by atoms with Crippen LogP contribution in [0.3, 0.4) is 0 Å². The average Bonchev–Trinajstić information content (AvgIpc) is 2.91. The molecule has 0 amide bonds. The number of hydrogen-bond donors (Lipinski definition) is 0. The fourth-order valence-electron chi connectivity index (χ4n) is 2.66. The van der Waals surface area contributed by atoms with Crippen LogP contribution in [0.1, 0.15) is 19.0 Å². The molecule has 0 aliphatic carbocycles. The summed E-state index contributed by atoms with van der Waals surface area (Å²) in [6, 6.07) is 8.49. The number of nitro groups is 1. The normalized spacial score (nSPS) is 15.1. The Hall–Kier alpha value is -2.15. The molecule has 1 aromatic carbocycles. The van der Waals surface area contributed by atoms with Crippen LogP contribution in [0.2, 0.25) is 0 Å². The fraction of sp³-hybridized carbons (Fsp3) is 0.412. The van der Waals surface area contributed by atoms with Crippen molar-refractivity contribution in [3.8, 4) is 11.4 Å². The maximum atomic E-state index is 10.8. The summed E-state index contributed by atoms with van der Waals surface area (Å²) in [7, 11) is 0. The molecule has 2 heterocycles. The molecule has 126 valence electrons. The minimum atomic E-state index is -0.395. The second-order valence-electron chi connectivity index (χ2n) is 5.65. The van der Waals surface area contributed by atoms with Gasteiger partial charge in [-0.15, -0.1) is 0 Å². The number of aryl methyl sites for hydroxylation is 1. The maximum absolute atomic E-state index is 10.8. The Labute approximate surface area is 145 Å². The van der Waals surface area contributed by atoms with Crippen molar-refractivity contribution in [2.75, 3.05) is 29.5 Å². The highest BCUT2D eigenvalue weighted by molar-refractivity contribution is 7.99. The standard InChI is InChI=1S/C17H20N4O2S/c1-2-14-12-16(20-8-3-10-24-11-9-20)19-17(18-14)13-4-6-15(7-5-13)21(22)23/h4-7,12H,2-3,8-11H2,1H3. The molecule has 0 radical (unpaired) electrons. The van der Waals surface area contributed by atoms with Crippen LogP contribution >= 0.6 is 11.8 Å². The number of non-ortho nitro benzene ring substituents is 1. The first kappa shape index (κ1) is 16.7. The summed E-state index contributed by atoms with van der Waals surface area (Å²) < 4.78 is 0. The fourth-order valence-corrected chi connectivity index (χ4v) is 3.55. The Balaban J connectivity index is 1.94. The van der Waals surface area contributed by atoms with Crippen LogP contribution in [0, 0.1) is 10.1 Å². The smallest absolute Gasteiger partial charge is 0.269 e. The SMILES string of the molecule is CCc1cc(N2CCCSCC2)nc(-c2ccc([N+](=O)[O-])cc2)n1. The number of nitro benzene ring substituents is 1. The molecule has 6 nitrogen and oxygen atoms in total. The molecule has 24 heavy (non-hydrogen) atoms. The molecule has 7 heteroatoms. The van der Waals surface area contributed by atoms with Gasteiger partial charge >= 0.3 is 0 Å². The van der Waals surface area contributed by atoms with E-state index in [4.69, 9.17) is 4.98 Å². The van der Waals surface area contributed by atoms with Crippen molar-refractivity contribution in [3.63, 3.8) is 0 Å². The molecule has 0 spiro atoms. The Bertz CT molecular complexity index is 713. The summed E-state index contributed by atoms with van der Waals surface area (Å²) in [5.41, 5.74) is 1.88. The average molecular weight is 344 g/mol. The lowest BCUT2D eigenvalue weighted by atomic mass is 10.2. The van der Waals surface area contributed by atoms with Crippen LogP contribution < -0.4 is 4.90 Å². The molecule has 2 aromatic rings. The van der Waals surface area contributed by atoms with E-state index in [1.165, 1.54) is 17.9 Å². The van der Waals surface area contributed by atoms with Crippen molar-refractivity contribution >= 4 is 23.3 Å². The molecule has 0 N–H and O–H groups in total. The number of hydrogen-bond acceptors (Lipinski definition) is 6. The zero-order valence-electron chi connectivity index (χ0n) is 13.6. The van der Waals surface area contributed by atoms with Crippen LogP contribution in [0.15, 0.2) is 30.3 Å². The van der Waals surface area contributed by atoms with Crippen LogP contribution in [-0.4, -0.2) is 39.5 Å². The van der Waals surface area contributed by atoms with Crippen molar-refractivity contribution in [3.05, 3.63) is 46.1 Å². The van der Waals surface area contributed by atoms with E-state index in [9.17, 15) is 10.1 Å². The molecular formula is C17H20N4O2S. The van der Waals surface area contributed by atoms with Gasteiger partial charge in [-0.25, -0.2) is 9.97 Å². The molecule has 1 fully saturated rings. The Morgan fingerprint density at radius 3 is 2.71 bits per heavy atom. The van der Waals surface area contributed by atoms with Gasteiger partial charge in [0, 0.05) is 48.3 Å². The lowest BCUT2D eigenvalue weighted by Crippen LogP contribution is -2.26. The highest BCUT2D eigenvalue weighted by atomic mass is 32.2. The van der Waals surface area contributed by atoms with Gasteiger partial charge in [0.05, 0.1) is 4.92 Å². The van der Waals surface area contributed by atoms with E-state index < -0.39 is 4.92 Å². The predicted octanol–water partition coefficient (Wildman–Crippen LogP) is 3.56. The number of anilines is 1. The first-order valence-corrected chi connectivity index (χ1v) is 9.28. The van der Waals surface area contributed by atoms with Gasteiger partial charge in [-0.2, -0.15) is 11.8 Å². The van der Waals surface area contributed by atoms with E-state index >= 15 is 0 Å². The molecule has 0 atom stereocenters. The van der Waals surface area contributed by atoms with Crippen LogP contribution in [0.5, 0.6) is 0 Å². The lowest BCUT2D eigenvalue weighted by Gasteiger charge is -2.22. The zero-order valence-corrected chi connectivity index (χ0v) is 14.5. The molecule has 1 saturated heterocycles. The van der Waals surface area contributed by atoms with Crippen molar-refractivity contribution in [1.82, 2.24) is 9.97 Å². The van der Waals surface area contributed by atoms with Crippen molar-refractivity contribution in [1.29, 1.82) is 0 Å². The summed E-state index contributed by atoms with van der Waals surface area (Å²) in [5, 5.41) is 10.8. The Morgan fingerprint density at radius 2 is 2.00 bits per heavy atom. The first-order valence-electron chi connectivity index (χ1n) is 8.13. The predicted molar refractivity (Wildman–Crippen MR) is 97.7 cm³/mol. The van der Waals surface area contributed by atoms with E-state index in [-0.39, 0.29) is 5.69 Å². The van der Waals surface area contributed by atoms with Gasteiger partial charge < -0.3 is 4.90 Å². The van der Waals surface area contributed by atoms with E-state index in [0.717, 1.165) is 48.8 Å². The van der Waals surface area contributed by atoms with E-state index in [1.807, 2.05) is 11.8 Å². The first-order chi connectivity index (χ1) is 11.7. The van der Waals surface area contributed by atoms with Crippen LogP contribution in [-0.2, 0) is 6.42 Å². The second-order valence-corrected chi connectivity index (χ2v) is 6.88. The maximum Gasteiger partial charge on any atom is 0.269 e. The summed E-state index contributed by atoms with van der Waals surface area (Å²) in [5.74, 6) is 3.89. The summed E-state index contributed by atoms with van der Waals surface area (Å²) in [6.07, 6.45) is 1.99. The molecule has 3 rings (SSSR count). The summed E-state index contributed by atoms with van der Waals surface area (Å²) in [4.78, 5) is 22.1. The molecule has 0 unspecified atom stereocenters. The molecular weight excluding hydrogens is 324 g/mol. The largest absolute Gasteiger partial charge is 0.356 e. The molecule has 0 saturated carbocycles. The number of aromatic nitrogens is 2. The van der Waals surface area contributed by atoms with Gasteiger partial charge in [-0.3, -0.25) is 10.1 Å². The lowest BCUT2D eigenvalue weighted by molar-refractivity contribution is -0.384. The van der Waals surface area contributed by atoms with Gasteiger partial charge in [-0.05, 0) is 30.7 Å². The van der Waals surface area contributed by atoms with Crippen molar-refractivity contribution < 1.29 is 4.92 Å². The number of rotatable bonds is 4. The number of nitrogens with zero attached hydrogens (tertiary/aromatic N) is 4. The molecule has 0 bridgehead atoms. The highest BCUT2D eigenvalue weighted by Gasteiger charge is 2.15. The van der Waals surface area contributed by atoms with Gasteiger partial charge in [0.25, 0.3) is 5.69 Å². The van der Waals surface area contributed by atoms with E-state index in [2.05, 4.69) is 22.9 Å². The van der Waals surface area contributed by atoms with Gasteiger partial charge in [0.1, 0.15) is 5.82 Å². The number of benzene rings is 1. The third-order valence-corrected chi connectivity index (χ3v) is 5.06. The zero-order chi connectivity index (χ0) is 16.9. The van der Waals surface area contributed by atoms with Crippen LogP contribution in [0.25, 0.3) is 11.4 Å². The Kier molecular flexibility index (Phi) is 5.30. The molecule has 1 aliphatic rings. The van der Waals surface area contributed by atoms with Gasteiger partial charge in [-0.1, -0.05) is 6.92 Å². The highest BCUT2D eigenvalue weighted by Crippen LogP contribution is 2.24. The van der Waals surface area contributed by atoms with Crippen molar-refractivity contribution in [2.24, 2.45) is 0 Å². The summed E-state index contributed by atoms with van der Waals surface area (Å²) in [6.45, 7) is 4.07. The minimum absolute atomic E-state index is 0.0789. The second kappa shape index (κ2) is 7.61.